The molecule has 1 atom stereocenters. The summed E-state index contributed by atoms with van der Waals surface area (Å²) in [5.74, 6) is -1.20. The summed E-state index contributed by atoms with van der Waals surface area (Å²) in [6.45, 7) is 8.20. The van der Waals surface area contributed by atoms with Gasteiger partial charge in [0.25, 0.3) is 10.0 Å². The minimum atomic E-state index is -3.97. The Kier molecular flexibility index (Phi) is 7.22. The fourth-order valence-corrected chi connectivity index (χ4v) is 4.32. The van der Waals surface area contributed by atoms with Crippen molar-refractivity contribution in [2.24, 2.45) is 5.92 Å². The van der Waals surface area contributed by atoms with Crippen LogP contribution in [-0.2, 0) is 14.8 Å². The monoisotopic (exact) mass is 440 g/mol. The van der Waals surface area contributed by atoms with Crippen molar-refractivity contribution < 1.29 is 21.9 Å². The van der Waals surface area contributed by atoms with Gasteiger partial charge in [-0.2, -0.15) is 0 Å². The second kappa shape index (κ2) is 9.67. The number of nitrogens with zero attached hydrogens (tertiary/aromatic N) is 2. The molecule has 1 saturated heterocycles. The van der Waals surface area contributed by atoms with E-state index in [0.29, 0.717) is 24.3 Å². The molecule has 0 radical (unpaired) electrons. The molecule has 0 saturated carbocycles. The minimum absolute atomic E-state index is 0.0682. The molecule has 1 fully saturated rings. The lowest BCUT2D eigenvalue weighted by atomic mass is 10.0. The number of halogens is 2. The van der Waals surface area contributed by atoms with E-state index >= 15 is 0 Å². The second-order valence-electron chi connectivity index (χ2n) is 7.45. The summed E-state index contributed by atoms with van der Waals surface area (Å²) in [6.07, 6.45) is 1.23. The number of hydrogen-bond acceptors (Lipinski definition) is 6. The van der Waals surface area contributed by atoms with E-state index in [4.69, 9.17) is 4.74 Å². The van der Waals surface area contributed by atoms with E-state index in [1.165, 1.54) is 12.3 Å². The molecule has 2 aromatic rings. The summed E-state index contributed by atoms with van der Waals surface area (Å²) in [5.41, 5.74) is -0.0682. The fourth-order valence-electron chi connectivity index (χ4n) is 3.32. The Hall–Kier alpha value is -2.30. The smallest absolute Gasteiger partial charge is 0.263 e. The molecule has 1 aromatic carbocycles. The molecular weight excluding hydrogens is 414 g/mol. The molecule has 3 rings (SSSR count). The first-order valence-corrected chi connectivity index (χ1v) is 11.2. The van der Waals surface area contributed by atoms with Crippen LogP contribution in [-0.4, -0.2) is 57.2 Å². The number of anilines is 2. The van der Waals surface area contributed by atoms with Crippen molar-refractivity contribution in [1.82, 2.24) is 9.88 Å². The zero-order valence-electron chi connectivity index (χ0n) is 16.9. The average Bonchev–Trinajstić information content (AvgIpc) is 2.72. The normalized spacial score (nSPS) is 16.4. The Balaban J connectivity index is 1.63. The van der Waals surface area contributed by atoms with Gasteiger partial charge in [-0.3, -0.25) is 9.62 Å². The van der Waals surface area contributed by atoms with E-state index in [0.717, 1.165) is 44.5 Å². The molecule has 2 heterocycles. The molecule has 1 aliphatic rings. The Morgan fingerprint density at radius 1 is 1.13 bits per heavy atom. The molecule has 10 heteroatoms. The van der Waals surface area contributed by atoms with E-state index in [9.17, 15) is 17.2 Å². The largest absolute Gasteiger partial charge is 0.379 e. The van der Waals surface area contributed by atoms with Crippen LogP contribution in [0.3, 0.4) is 0 Å². The van der Waals surface area contributed by atoms with Gasteiger partial charge in [0, 0.05) is 37.9 Å². The van der Waals surface area contributed by atoms with E-state index in [1.54, 1.807) is 6.07 Å². The molecule has 164 valence electrons. The van der Waals surface area contributed by atoms with Crippen molar-refractivity contribution in [3.8, 4) is 0 Å². The lowest BCUT2D eigenvalue weighted by Crippen LogP contribution is -2.49. The molecule has 1 unspecified atom stereocenters. The lowest BCUT2D eigenvalue weighted by molar-refractivity contribution is 0.00953. The molecule has 1 aliphatic heterocycles. The molecule has 2 N–H and O–H groups in total. The lowest BCUT2D eigenvalue weighted by Gasteiger charge is -2.37. The van der Waals surface area contributed by atoms with Gasteiger partial charge in [0.15, 0.2) is 11.6 Å². The van der Waals surface area contributed by atoms with Crippen LogP contribution in [0.2, 0.25) is 0 Å². The Morgan fingerprint density at radius 3 is 2.47 bits per heavy atom. The predicted octanol–water partition coefficient (Wildman–Crippen LogP) is 2.93. The van der Waals surface area contributed by atoms with Crippen molar-refractivity contribution in [3.63, 3.8) is 0 Å². The maximum atomic E-state index is 13.3. The number of benzene rings is 1. The van der Waals surface area contributed by atoms with Crippen molar-refractivity contribution in [1.29, 1.82) is 0 Å². The molecule has 0 spiro atoms. The molecular formula is C20H26F2N4O3S. The SMILES string of the molecule is CC(C)C(CNc1ccc(S(=O)(=O)Nc2ccc(F)c(F)c2)cn1)N1CCOCC1. The van der Waals surface area contributed by atoms with Gasteiger partial charge in [0.1, 0.15) is 10.7 Å². The van der Waals surface area contributed by atoms with Gasteiger partial charge in [0.2, 0.25) is 0 Å². The van der Waals surface area contributed by atoms with Crippen LogP contribution in [0.4, 0.5) is 20.3 Å². The molecule has 0 amide bonds. The highest BCUT2D eigenvalue weighted by atomic mass is 32.2. The summed E-state index contributed by atoms with van der Waals surface area (Å²) in [5, 5.41) is 3.27. The van der Waals surface area contributed by atoms with Crippen molar-refractivity contribution in [2.75, 3.05) is 42.9 Å². The van der Waals surface area contributed by atoms with Crippen molar-refractivity contribution in [3.05, 3.63) is 48.2 Å². The third-order valence-electron chi connectivity index (χ3n) is 5.00. The molecule has 7 nitrogen and oxygen atoms in total. The Morgan fingerprint density at radius 2 is 1.87 bits per heavy atom. The highest BCUT2D eigenvalue weighted by Crippen LogP contribution is 2.19. The minimum Gasteiger partial charge on any atom is -0.379 e. The highest BCUT2D eigenvalue weighted by molar-refractivity contribution is 7.92. The second-order valence-corrected chi connectivity index (χ2v) is 9.14. The van der Waals surface area contributed by atoms with Crippen molar-refractivity contribution >= 4 is 21.5 Å². The first-order valence-electron chi connectivity index (χ1n) is 9.76. The van der Waals surface area contributed by atoms with Crippen LogP contribution >= 0.6 is 0 Å². The quantitative estimate of drug-likeness (QED) is 0.657. The number of morpholine rings is 1. The average molecular weight is 441 g/mol. The zero-order valence-corrected chi connectivity index (χ0v) is 17.8. The van der Waals surface area contributed by atoms with Gasteiger partial charge in [-0.25, -0.2) is 22.2 Å². The summed E-state index contributed by atoms with van der Waals surface area (Å²) in [7, 11) is -3.97. The van der Waals surface area contributed by atoms with Gasteiger partial charge < -0.3 is 10.1 Å². The van der Waals surface area contributed by atoms with Gasteiger partial charge in [-0.05, 0) is 30.2 Å². The van der Waals surface area contributed by atoms with Crippen molar-refractivity contribution in [2.45, 2.75) is 24.8 Å². The highest BCUT2D eigenvalue weighted by Gasteiger charge is 2.24. The predicted molar refractivity (Wildman–Crippen MR) is 111 cm³/mol. The van der Waals surface area contributed by atoms with Gasteiger partial charge >= 0.3 is 0 Å². The number of pyridine rings is 1. The van der Waals surface area contributed by atoms with Gasteiger partial charge in [-0.1, -0.05) is 13.8 Å². The van der Waals surface area contributed by atoms with Crippen LogP contribution in [0.1, 0.15) is 13.8 Å². The third-order valence-corrected chi connectivity index (χ3v) is 6.36. The summed E-state index contributed by atoms with van der Waals surface area (Å²) < 4.78 is 58.9. The molecule has 0 bridgehead atoms. The zero-order chi connectivity index (χ0) is 21.7. The summed E-state index contributed by atoms with van der Waals surface area (Å²) >= 11 is 0. The third kappa shape index (κ3) is 5.65. The molecule has 1 aromatic heterocycles. The van der Waals surface area contributed by atoms with Crippen LogP contribution in [0.25, 0.3) is 0 Å². The van der Waals surface area contributed by atoms with E-state index in [2.05, 4.69) is 33.8 Å². The number of ether oxygens (including phenoxy) is 1. The summed E-state index contributed by atoms with van der Waals surface area (Å²) in [6, 6.07) is 6.09. The number of hydrogen-bond donors (Lipinski definition) is 2. The maximum absolute atomic E-state index is 13.3. The number of aromatic nitrogens is 1. The first-order chi connectivity index (χ1) is 14.3. The molecule has 0 aliphatic carbocycles. The van der Waals surface area contributed by atoms with E-state index in [-0.39, 0.29) is 10.6 Å². The maximum Gasteiger partial charge on any atom is 0.263 e. The van der Waals surface area contributed by atoms with Gasteiger partial charge in [-0.15, -0.1) is 0 Å². The topological polar surface area (TPSA) is 83.6 Å². The number of sulfonamides is 1. The standard InChI is InChI=1S/C20H26F2N4O3S/c1-14(2)19(26-7-9-29-10-8-26)13-24-20-6-4-16(12-23-20)30(27,28)25-15-3-5-17(21)18(22)11-15/h3-6,11-12,14,19,25H,7-10,13H2,1-2H3,(H,23,24). The number of nitrogens with one attached hydrogen (secondary N) is 2. The first kappa shape index (κ1) is 22.4. The number of rotatable bonds is 8. The summed E-state index contributed by atoms with van der Waals surface area (Å²) in [4.78, 5) is 6.49. The van der Waals surface area contributed by atoms with Crippen LogP contribution in [0.15, 0.2) is 41.4 Å². The van der Waals surface area contributed by atoms with Crippen LogP contribution in [0.5, 0.6) is 0 Å². The van der Waals surface area contributed by atoms with E-state index in [1.807, 2.05) is 0 Å². The van der Waals surface area contributed by atoms with Crippen LogP contribution in [0, 0.1) is 17.6 Å². The Bertz CT molecular complexity index is 949. The van der Waals surface area contributed by atoms with Crippen LogP contribution < -0.4 is 10.0 Å². The van der Waals surface area contributed by atoms with Gasteiger partial charge in [0.05, 0.1) is 18.9 Å². The Labute approximate surface area is 175 Å². The van der Waals surface area contributed by atoms with E-state index < -0.39 is 21.7 Å². The fraction of sp³-hybridized carbons (Fsp3) is 0.450. The molecule has 30 heavy (non-hydrogen) atoms.